The minimum Gasteiger partial charge on any atom is -0.414 e. The molecule has 0 aromatic rings. The molecule has 4 rings (SSSR count). The van der Waals surface area contributed by atoms with Gasteiger partial charge in [0, 0.05) is 6.10 Å². The van der Waals surface area contributed by atoms with Crippen molar-refractivity contribution in [1.82, 2.24) is 0 Å². The van der Waals surface area contributed by atoms with Crippen LogP contribution in [-0.2, 0) is 4.43 Å². The Morgan fingerprint density at radius 2 is 1.60 bits per heavy atom. The fraction of sp³-hybridized carbons (Fsp3) is 0.889. The second kappa shape index (κ2) is 4.98. The predicted octanol–water partition coefficient (Wildman–Crippen LogP) is 5.14. The van der Waals surface area contributed by atoms with Crippen LogP contribution in [0, 0.1) is 23.7 Å². The van der Waals surface area contributed by atoms with Crippen LogP contribution in [0.1, 0.15) is 51.4 Å². The highest BCUT2D eigenvalue weighted by atomic mass is 28.4. The van der Waals surface area contributed by atoms with Crippen LogP contribution in [0.25, 0.3) is 0 Å². The summed E-state index contributed by atoms with van der Waals surface area (Å²) >= 11 is 0. The molecule has 0 amide bonds. The summed E-state index contributed by atoms with van der Waals surface area (Å²) in [6, 6.07) is 0. The van der Waals surface area contributed by atoms with Crippen LogP contribution in [0.15, 0.2) is 12.2 Å². The van der Waals surface area contributed by atoms with E-state index in [1.165, 1.54) is 51.4 Å². The minimum atomic E-state index is -1.50. The van der Waals surface area contributed by atoms with Crippen LogP contribution in [0.4, 0.5) is 0 Å². The summed E-state index contributed by atoms with van der Waals surface area (Å²) in [6.45, 7) is 5.02. The molecule has 3 fully saturated rings. The summed E-state index contributed by atoms with van der Waals surface area (Å²) in [5.41, 5.74) is 0.903. The van der Waals surface area contributed by atoms with E-state index in [2.05, 4.69) is 25.2 Å². The largest absolute Gasteiger partial charge is 0.414 e. The summed E-state index contributed by atoms with van der Waals surface area (Å²) in [5, 5.41) is 0. The Balaban J connectivity index is 1.40. The molecule has 5 unspecified atom stereocenters. The molecule has 5 atom stereocenters. The van der Waals surface area contributed by atoms with Crippen LogP contribution >= 0.6 is 0 Å². The van der Waals surface area contributed by atoms with E-state index in [0.717, 1.165) is 29.2 Å². The molecule has 0 aromatic heterocycles. The molecule has 0 aromatic carbocycles. The molecule has 0 aliphatic heterocycles. The van der Waals surface area contributed by atoms with Gasteiger partial charge in [0.1, 0.15) is 0 Å². The molecule has 2 heteroatoms. The van der Waals surface area contributed by atoms with E-state index >= 15 is 0 Å². The molecular formula is C18H30OSi. The first-order chi connectivity index (χ1) is 9.62. The van der Waals surface area contributed by atoms with Gasteiger partial charge >= 0.3 is 0 Å². The zero-order valence-electron chi connectivity index (χ0n) is 13.2. The molecule has 0 heterocycles. The Labute approximate surface area is 125 Å². The maximum Gasteiger partial charge on any atom is 0.190 e. The molecule has 0 spiro atoms. The molecule has 4 aliphatic carbocycles. The van der Waals surface area contributed by atoms with E-state index < -0.39 is 8.32 Å². The molecule has 4 aliphatic rings. The Kier molecular flexibility index (Phi) is 3.38. The van der Waals surface area contributed by atoms with Gasteiger partial charge in [0.2, 0.25) is 0 Å². The number of fused-ring (bicyclic) bond motifs is 3. The molecule has 0 saturated heterocycles. The fourth-order valence-electron chi connectivity index (χ4n) is 5.87. The summed E-state index contributed by atoms with van der Waals surface area (Å²) in [5.74, 6) is 3.79. The average Bonchev–Trinajstić information content (AvgIpc) is 3.11. The van der Waals surface area contributed by atoms with Gasteiger partial charge in [-0.1, -0.05) is 37.8 Å². The van der Waals surface area contributed by atoms with Crippen molar-refractivity contribution in [1.29, 1.82) is 0 Å². The molecule has 2 bridgehead atoms. The molecule has 3 saturated carbocycles. The van der Waals surface area contributed by atoms with Crippen molar-refractivity contribution >= 4 is 8.32 Å². The van der Waals surface area contributed by atoms with Crippen molar-refractivity contribution in [3.63, 3.8) is 0 Å². The van der Waals surface area contributed by atoms with E-state index in [1.807, 2.05) is 0 Å². The summed E-state index contributed by atoms with van der Waals surface area (Å²) in [4.78, 5) is 0. The quantitative estimate of drug-likeness (QED) is 0.516. The lowest BCUT2D eigenvalue weighted by atomic mass is 9.82. The van der Waals surface area contributed by atoms with Crippen molar-refractivity contribution < 1.29 is 4.43 Å². The van der Waals surface area contributed by atoms with E-state index in [1.54, 1.807) is 0 Å². The minimum absolute atomic E-state index is 0.618. The highest BCUT2D eigenvalue weighted by molar-refractivity contribution is 6.72. The maximum absolute atomic E-state index is 6.83. The van der Waals surface area contributed by atoms with Crippen LogP contribution in [0.5, 0.6) is 0 Å². The van der Waals surface area contributed by atoms with Crippen LogP contribution in [0.3, 0.4) is 0 Å². The van der Waals surface area contributed by atoms with Gasteiger partial charge in [0.05, 0.1) is 0 Å². The topological polar surface area (TPSA) is 9.23 Å². The second-order valence-electron chi connectivity index (χ2n) is 8.51. The van der Waals surface area contributed by atoms with E-state index in [0.29, 0.717) is 6.10 Å². The molecular weight excluding hydrogens is 260 g/mol. The molecule has 0 N–H and O–H groups in total. The Bertz CT molecular complexity index is 388. The smallest absolute Gasteiger partial charge is 0.190 e. The van der Waals surface area contributed by atoms with E-state index in [-0.39, 0.29) is 0 Å². The zero-order valence-corrected chi connectivity index (χ0v) is 14.2. The van der Waals surface area contributed by atoms with Gasteiger partial charge in [-0.05, 0) is 68.0 Å². The first-order valence-electron chi connectivity index (χ1n) is 8.98. The zero-order chi connectivity index (χ0) is 13.7. The van der Waals surface area contributed by atoms with Crippen molar-refractivity contribution in [2.75, 3.05) is 0 Å². The maximum atomic E-state index is 6.83. The Hall–Kier alpha value is -0.0831. The van der Waals surface area contributed by atoms with Gasteiger partial charge in [0.25, 0.3) is 0 Å². The molecule has 20 heavy (non-hydrogen) atoms. The lowest BCUT2D eigenvalue weighted by molar-refractivity contribution is 0.184. The highest BCUT2D eigenvalue weighted by Crippen LogP contribution is 2.53. The Morgan fingerprint density at radius 3 is 2.15 bits per heavy atom. The molecule has 1 nitrogen and oxygen atoms in total. The third-order valence-corrected chi connectivity index (χ3v) is 10.2. The normalized spacial score (nSPS) is 46.9. The number of hydrogen-bond donors (Lipinski definition) is 0. The monoisotopic (exact) mass is 290 g/mol. The molecule has 0 radical (unpaired) electrons. The fourth-order valence-corrected chi connectivity index (χ4v) is 9.24. The predicted molar refractivity (Wildman–Crippen MR) is 86.1 cm³/mol. The third kappa shape index (κ3) is 2.33. The van der Waals surface area contributed by atoms with Gasteiger partial charge in [-0.2, -0.15) is 0 Å². The van der Waals surface area contributed by atoms with Gasteiger partial charge in [0.15, 0.2) is 8.32 Å². The van der Waals surface area contributed by atoms with Crippen molar-refractivity contribution in [3.05, 3.63) is 12.2 Å². The van der Waals surface area contributed by atoms with Crippen molar-refractivity contribution in [2.45, 2.75) is 76.1 Å². The average molecular weight is 291 g/mol. The van der Waals surface area contributed by atoms with Gasteiger partial charge in [-0.25, -0.2) is 0 Å². The van der Waals surface area contributed by atoms with Gasteiger partial charge in [-0.3, -0.25) is 0 Å². The van der Waals surface area contributed by atoms with E-state index in [4.69, 9.17) is 4.43 Å². The first-order valence-corrected chi connectivity index (χ1v) is 12.0. The first kappa shape index (κ1) is 13.6. The van der Waals surface area contributed by atoms with Crippen molar-refractivity contribution in [3.8, 4) is 0 Å². The number of rotatable bonds is 3. The number of allylic oxidation sites excluding steroid dienone is 2. The lowest BCUT2D eigenvalue weighted by Gasteiger charge is -2.36. The van der Waals surface area contributed by atoms with Crippen molar-refractivity contribution in [2.24, 2.45) is 23.7 Å². The second-order valence-corrected chi connectivity index (χ2v) is 12.7. The lowest BCUT2D eigenvalue weighted by Crippen LogP contribution is -2.41. The summed E-state index contributed by atoms with van der Waals surface area (Å²) in [7, 11) is -1.50. The summed E-state index contributed by atoms with van der Waals surface area (Å²) in [6.07, 6.45) is 17.2. The third-order valence-electron chi connectivity index (χ3n) is 6.84. The number of hydrogen-bond acceptors (Lipinski definition) is 1. The van der Waals surface area contributed by atoms with Crippen LogP contribution < -0.4 is 0 Å². The molecule has 112 valence electrons. The van der Waals surface area contributed by atoms with Gasteiger partial charge in [-0.15, -0.1) is 0 Å². The standard InChI is InChI=1S/C18H30OSi/c1-20(2,18-10-13-7-8-16(18)9-13)19-17-11-14-5-3-4-6-15(14)12-17/h7-8,13-18H,3-6,9-12H2,1-2H3. The van der Waals surface area contributed by atoms with Crippen LogP contribution in [-0.4, -0.2) is 14.4 Å². The SMILES string of the molecule is C[Si](C)(OC1CC2CCCCC2C1)C1CC2C=CC1C2. The van der Waals surface area contributed by atoms with Crippen LogP contribution in [0.2, 0.25) is 18.6 Å². The highest BCUT2D eigenvalue weighted by Gasteiger charge is 2.48. The van der Waals surface area contributed by atoms with E-state index in [9.17, 15) is 0 Å². The Morgan fingerprint density at radius 1 is 0.900 bits per heavy atom. The van der Waals surface area contributed by atoms with Gasteiger partial charge < -0.3 is 4.43 Å². The summed E-state index contributed by atoms with van der Waals surface area (Å²) < 4.78 is 6.83.